The van der Waals surface area contributed by atoms with E-state index in [0.29, 0.717) is 11.1 Å². The Hall–Kier alpha value is -7.86. The third-order valence-corrected chi connectivity index (χ3v) is 11.1. The predicted molar refractivity (Wildman–Crippen MR) is 224 cm³/mol. The van der Waals surface area contributed by atoms with Crippen molar-refractivity contribution in [3.8, 4) is 40.3 Å². The quantitative estimate of drug-likeness (QED) is 0.184. The second-order valence-corrected chi connectivity index (χ2v) is 14.0. The molecule has 3 aromatic heterocycles. The van der Waals surface area contributed by atoms with E-state index in [9.17, 15) is 10.5 Å². The van der Waals surface area contributed by atoms with E-state index >= 15 is 0 Å². The van der Waals surface area contributed by atoms with Crippen molar-refractivity contribution in [3.05, 3.63) is 187 Å². The molecule has 0 spiro atoms. The molecule has 0 unspecified atom stereocenters. The Kier molecular flexibility index (Phi) is 6.61. The fourth-order valence-electron chi connectivity index (χ4n) is 8.78. The third-order valence-electron chi connectivity index (χ3n) is 11.1. The van der Waals surface area contributed by atoms with Gasteiger partial charge in [0.05, 0.1) is 56.0 Å². The van der Waals surface area contributed by atoms with E-state index in [4.69, 9.17) is 0 Å². The summed E-state index contributed by atoms with van der Waals surface area (Å²) in [6.07, 6.45) is 0. The van der Waals surface area contributed by atoms with Crippen LogP contribution in [0.5, 0.6) is 0 Å². The highest BCUT2D eigenvalue weighted by molar-refractivity contribution is 6.13. The summed E-state index contributed by atoms with van der Waals surface area (Å²) < 4.78 is 6.85. The molecule has 8 aromatic carbocycles. The molecule has 0 fully saturated rings. The zero-order valence-corrected chi connectivity index (χ0v) is 29.5. The van der Waals surface area contributed by atoms with Crippen LogP contribution >= 0.6 is 0 Å². The standard InChI is InChI=1S/C50H29N5/c51-30-32-23-25-50-41(27-32)39-15-4-8-21-47(39)55(50)48-22-10-17-36(43(48)31-52)33-11-9-12-34(28-33)53-46-20-7-3-16-40(46)42-29-35(24-26-49(42)53)54-44-18-5-1-13-37(44)38-14-2-6-19-45(38)54/h1-29H. The molecule has 254 valence electrons. The van der Waals surface area contributed by atoms with Gasteiger partial charge in [0, 0.05) is 49.3 Å². The highest BCUT2D eigenvalue weighted by Gasteiger charge is 2.20. The summed E-state index contributed by atoms with van der Waals surface area (Å²) >= 11 is 0. The summed E-state index contributed by atoms with van der Waals surface area (Å²) in [4.78, 5) is 0. The SMILES string of the molecule is N#Cc1ccc2c(c1)c1ccccc1n2-c1cccc(-c2cccc(-n3c4ccccc4c4cc(-n5c6ccccc6c6ccccc65)ccc43)c2)c1C#N. The third kappa shape index (κ3) is 4.45. The van der Waals surface area contributed by atoms with Crippen LogP contribution in [0.4, 0.5) is 0 Å². The van der Waals surface area contributed by atoms with Crippen molar-refractivity contribution in [2.24, 2.45) is 0 Å². The van der Waals surface area contributed by atoms with Crippen molar-refractivity contribution in [2.45, 2.75) is 0 Å². The number of rotatable bonds is 4. The van der Waals surface area contributed by atoms with Crippen LogP contribution in [0.3, 0.4) is 0 Å². The fraction of sp³-hybridized carbons (Fsp3) is 0. The van der Waals surface area contributed by atoms with E-state index in [-0.39, 0.29) is 0 Å². The highest BCUT2D eigenvalue weighted by Crippen LogP contribution is 2.39. The Labute approximate surface area is 316 Å². The van der Waals surface area contributed by atoms with Gasteiger partial charge in [-0.1, -0.05) is 97.1 Å². The van der Waals surface area contributed by atoms with Gasteiger partial charge in [-0.3, -0.25) is 0 Å². The largest absolute Gasteiger partial charge is 0.309 e. The molecule has 3 heterocycles. The maximum Gasteiger partial charge on any atom is 0.102 e. The molecule has 55 heavy (non-hydrogen) atoms. The molecule has 0 aliphatic heterocycles. The molecule has 0 N–H and O–H groups in total. The first kappa shape index (κ1) is 30.7. The molecule has 0 amide bonds. The number of hydrogen-bond donors (Lipinski definition) is 0. The molecule has 0 aliphatic carbocycles. The predicted octanol–water partition coefficient (Wildman–Crippen LogP) is 12.4. The highest BCUT2D eigenvalue weighted by atomic mass is 15.0. The van der Waals surface area contributed by atoms with E-state index in [1.165, 1.54) is 32.6 Å². The van der Waals surface area contributed by atoms with E-state index in [2.05, 4.69) is 153 Å². The first-order valence-corrected chi connectivity index (χ1v) is 18.3. The average Bonchev–Trinajstić information content (AvgIpc) is 3.88. The molecule has 0 aliphatic rings. The van der Waals surface area contributed by atoms with Crippen molar-refractivity contribution < 1.29 is 0 Å². The van der Waals surface area contributed by atoms with Gasteiger partial charge in [0.25, 0.3) is 0 Å². The molecular weight excluding hydrogens is 671 g/mol. The van der Waals surface area contributed by atoms with Gasteiger partial charge in [0.1, 0.15) is 6.07 Å². The Morgan fingerprint density at radius 1 is 0.345 bits per heavy atom. The van der Waals surface area contributed by atoms with Gasteiger partial charge >= 0.3 is 0 Å². The Morgan fingerprint density at radius 3 is 1.45 bits per heavy atom. The van der Waals surface area contributed by atoms with Crippen molar-refractivity contribution in [1.29, 1.82) is 10.5 Å². The number of nitriles is 2. The fourth-order valence-corrected chi connectivity index (χ4v) is 8.78. The van der Waals surface area contributed by atoms with E-state index < -0.39 is 0 Å². The molecule has 5 heteroatoms. The van der Waals surface area contributed by atoms with Gasteiger partial charge in [-0.05, 0) is 84.4 Å². The smallest absolute Gasteiger partial charge is 0.102 e. The number of fused-ring (bicyclic) bond motifs is 9. The van der Waals surface area contributed by atoms with Crippen LogP contribution in [0, 0.1) is 22.7 Å². The summed E-state index contributed by atoms with van der Waals surface area (Å²) in [5, 5.41) is 27.4. The first-order chi connectivity index (χ1) is 27.2. The number of benzene rings is 8. The monoisotopic (exact) mass is 699 g/mol. The summed E-state index contributed by atoms with van der Waals surface area (Å²) in [6.45, 7) is 0. The number of para-hydroxylation sites is 4. The van der Waals surface area contributed by atoms with Crippen molar-refractivity contribution >= 4 is 65.4 Å². The lowest BCUT2D eigenvalue weighted by molar-refractivity contribution is 1.16. The first-order valence-electron chi connectivity index (χ1n) is 18.3. The lowest BCUT2D eigenvalue weighted by atomic mass is 9.98. The van der Waals surface area contributed by atoms with Gasteiger partial charge in [0.2, 0.25) is 0 Å². The van der Waals surface area contributed by atoms with Crippen molar-refractivity contribution in [2.75, 3.05) is 0 Å². The molecule has 0 radical (unpaired) electrons. The molecule has 0 atom stereocenters. The average molecular weight is 700 g/mol. The van der Waals surface area contributed by atoms with Crippen LogP contribution in [0.15, 0.2) is 176 Å². The lowest BCUT2D eigenvalue weighted by Gasteiger charge is -2.15. The summed E-state index contributed by atoms with van der Waals surface area (Å²) in [7, 11) is 0. The molecule has 11 rings (SSSR count). The molecule has 11 aromatic rings. The summed E-state index contributed by atoms with van der Waals surface area (Å²) in [6, 6.07) is 66.0. The Morgan fingerprint density at radius 2 is 0.836 bits per heavy atom. The zero-order chi connectivity index (χ0) is 36.6. The number of hydrogen-bond acceptors (Lipinski definition) is 2. The van der Waals surface area contributed by atoms with Gasteiger partial charge in [-0.2, -0.15) is 10.5 Å². The summed E-state index contributed by atoms with van der Waals surface area (Å²) in [5.74, 6) is 0. The van der Waals surface area contributed by atoms with Crippen LogP contribution in [-0.2, 0) is 0 Å². The maximum atomic E-state index is 10.8. The van der Waals surface area contributed by atoms with E-state index in [0.717, 1.165) is 61.0 Å². The Bertz CT molecular complexity index is 3420. The molecular formula is C50H29N5. The minimum absolute atomic E-state index is 0.588. The minimum atomic E-state index is 0.588. The van der Waals surface area contributed by atoms with Crippen LogP contribution in [0.25, 0.3) is 93.6 Å². The van der Waals surface area contributed by atoms with Gasteiger partial charge < -0.3 is 13.7 Å². The second-order valence-electron chi connectivity index (χ2n) is 14.0. The van der Waals surface area contributed by atoms with Crippen LogP contribution in [-0.4, -0.2) is 13.7 Å². The van der Waals surface area contributed by atoms with Gasteiger partial charge in [0.15, 0.2) is 0 Å². The normalized spacial score (nSPS) is 11.6. The van der Waals surface area contributed by atoms with Gasteiger partial charge in [-0.15, -0.1) is 0 Å². The number of nitrogens with zero attached hydrogens (tertiary/aromatic N) is 5. The van der Waals surface area contributed by atoms with Crippen LogP contribution in [0.2, 0.25) is 0 Å². The lowest BCUT2D eigenvalue weighted by Crippen LogP contribution is -2.00. The van der Waals surface area contributed by atoms with Crippen LogP contribution < -0.4 is 0 Å². The second kappa shape index (κ2) is 11.8. The molecule has 5 nitrogen and oxygen atoms in total. The number of aromatic nitrogens is 3. The maximum absolute atomic E-state index is 10.8. The van der Waals surface area contributed by atoms with E-state index in [1.807, 2.05) is 48.5 Å². The van der Waals surface area contributed by atoms with Gasteiger partial charge in [-0.25, -0.2) is 0 Å². The minimum Gasteiger partial charge on any atom is -0.309 e. The topological polar surface area (TPSA) is 62.4 Å². The Balaban J connectivity index is 1.10. The van der Waals surface area contributed by atoms with E-state index in [1.54, 1.807) is 0 Å². The molecule has 0 bridgehead atoms. The zero-order valence-electron chi connectivity index (χ0n) is 29.5. The molecule has 0 saturated heterocycles. The van der Waals surface area contributed by atoms with Crippen molar-refractivity contribution in [3.63, 3.8) is 0 Å². The summed E-state index contributed by atoms with van der Waals surface area (Å²) in [5.41, 5.74) is 12.5. The molecule has 0 saturated carbocycles. The van der Waals surface area contributed by atoms with Crippen LogP contribution in [0.1, 0.15) is 11.1 Å². The van der Waals surface area contributed by atoms with Crippen molar-refractivity contribution in [1.82, 2.24) is 13.7 Å².